The van der Waals surface area contributed by atoms with E-state index in [1.165, 1.54) is 37.9 Å². The predicted molar refractivity (Wildman–Crippen MR) is 89.9 cm³/mol. The number of hydrogen-bond donors (Lipinski definition) is 0. The Kier molecular flexibility index (Phi) is 5.57. The Labute approximate surface area is 134 Å². The molecule has 4 heteroatoms. The Morgan fingerprint density at radius 1 is 1.18 bits per heavy atom. The van der Waals surface area contributed by atoms with E-state index in [9.17, 15) is 0 Å². The molecule has 4 nitrogen and oxygen atoms in total. The fraction of sp³-hybridized carbons (Fsp3) is 0.667. The standard InChI is InChI=1S/C18H28N2O2/c1-21-18-7-4-5-16(15-18)20-12-10-19(11-13-20)9-8-17-6-2-3-14-22-17/h4-5,7,15,17H,2-3,6,8-14H2,1H3/t17-/m1/s1. The predicted octanol–water partition coefficient (Wildman–Crippen LogP) is 2.78. The Hall–Kier alpha value is -1.26. The van der Waals surface area contributed by atoms with Gasteiger partial charge in [0.15, 0.2) is 0 Å². The third-order valence-electron chi connectivity index (χ3n) is 4.83. The summed E-state index contributed by atoms with van der Waals surface area (Å²) in [7, 11) is 1.73. The van der Waals surface area contributed by atoms with Crippen LogP contribution in [0.2, 0.25) is 0 Å². The average Bonchev–Trinajstić information content (AvgIpc) is 2.61. The quantitative estimate of drug-likeness (QED) is 0.835. The van der Waals surface area contributed by atoms with Crippen LogP contribution in [-0.4, -0.2) is 57.4 Å². The van der Waals surface area contributed by atoms with Gasteiger partial charge < -0.3 is 14.4 Å². The monoisotopic (exact) mass is 304 g/mol. The van der Waals surface area contributed by atoms with Crippen LogP contribution in [0.4, 0.5) is 5.69 Å². The van der Waals surface area contributed by atoms with E-state index in [1.54, 1.807) is 7.11 Å². The minimum atomic E-state index is 0.505. The van der Waals surface area contributed by atoms with E-state index >= 15 is 0 Å². The lowest BCUT2D eigenvalue weighted by Crippen LogP contribution is -2.47. The molecule has 3 rings (SSSR count). The molecule has 1 atom stereocenters. The zero-order valence-corrected chi connectivity index (χ0v) is 13.7. The highest BCUT2D eigenvalue weighted by Crippen LogP contribution is 2.22. The highest BCUT2D eigenvalue weighted by atomic mass is 16.5. The smallest absolute Gasteiger partial charge is 0.120 e. The number of rotatable bonds is 5. The second kappa shape index (κ2) is 7.84. The molecule has 0 unspecified atom stereocenters. The maximum Gasteiger partial charge on any atom is 0.120 e. The van der Waals surface area contributed by atoms with Gasteiger partial charge >= 0.3 is 0 Å². The molecule has 1 aromatic rings. The molecule has 2 fully saturated rings. The normalized spacial score (nSPS) is 23.5. The highest BCUT2D eigenvalue weighted by Gasteiger charge is 2.20. The lowest BCUT2D eigenvalue weighted by Gasteiger charge is -2.37. The van der Waals surface area contributed by atoms with Crippen LogP contribution in [-0.2, 0) is 4.74 Å². The molecular weight excluding hydrogens is 276 g/mol. The van der Waals surface area contributed by atoms with Crippen LogP contribution < -0.4 is 9.64 Å². The van der Waals surface area contributed by atoms with Gasteiger partial charge in [-0.25, -0.2) is 0 Å². The molecule has 22 heavy (non-hydrogen) atoms. The van der Waals surface area contributed by atoms with Crippen molar-refractivity contribution in [3.05, 3.63) is 24.3 Å². The second-order valence-electron chi connectivity index (χ2n) is 6.31. The van der Waals surface area contributed by atoms with Crippen LogP contribution in [0.5, 0.6) is 5.75 Å². The third kappa shape index (κ3) is 4.14. The molecule has 0 radical (unpaired) electrons. The molecule has 2 aliphatic rings. The van der Waals surface area contributed by atoms with Crippen LogP contribution in [0.15, 0.2) is 24.3 Å². The first kappa shape index (κ1) is 15.6. The van der Waals surface area contributed by atoms with Gasteiger partial charge in [-0.2, -0.15) is 0 Å². The topological polar surface area (TPSA) is 24.9 Å². The summed E-state index contributed by atoms with van der Waals surface area (Å²) in [6.07, 6.45) is 5.54. The van der Waals surface area contributed by atoms with Crippen LogP contribution >= 0.6 is 0 Å². The minimum Gasteiger partial charge on any atom is -0.497 e. The summed E-state index contributed by atoms with van der Waals surface area (Å²) in [5, 5.41) is 0. The van der Waals surface area contributed by atoms with Gasteiger partial charge in [0.1, 0.15) is 5.75 Å². The molecule has 2 aliphatic heterocycles. The minimum absolute atomic E-state index is 0.505. The molecular formula is C18H28N2O2. The van der Waals surface area contributed by atoms with E-state index in [0.717, 1.165) is 38.5 Å². The summed E-state index contributed by atoms with van der Waals surface area (Å²) in [5.74, 6) is 0.939. The fourth-order valence-electron chi connectivity index (χ4n) is 3.40. The van der Waals surface area contributed by atoms with Crippen LogP contribution in [0.25, 0.3) is 0 Å². The maximum atomic E-state index is 5.83. The van der Waals surface area contributed by atoms with E-state index in [1.807, 2.05) is 6.07 Å². The van der Waals surface area contributed by atoms with E-state index in [4.69, 9.17) is 9.47 Å². The molecule has 0 aromatic heterocycles. The van der Waals surface area contributed by atoms with E-state index in [0.29, 0.717) is 6.10 Å². The van der Waals surface area contributed by atoms with Gasteiger partial charge in [0.2, 0.25) is 0 Å². The Balaban J connectivity index is 1.43. The van der Waals surface area contributed by atoms with Crippen molar-refractivity contribution in [1.29, 1.82) is 0 Å². The van der Waals surface area contributed by atoms with Gasteiger partial charge in [-0.05, 0) is 37.8 Å². The number of benzene rings is 1. The molecule has 2 saturated heterocycles. The second-order valence-corrected chi connectivity index (χ2v) is 6.31. The Bertz CT molecular complexity index is 452. The molecule has 0 saturated carbocycles. The summed E-state index contributed by atoms with van der Waals surface area (Å²) in [6.45, 7) is 6.62. The van der Waals surface area contributed by atoms with E-state index < -0.39 is 0 Å². The van der Waals surface area contributed by atoms with Gasteiger partial charge in [-0.15, -0.1) is 0 Å². The summed E-state index contributed by atoms with van der Waals surface area (Å²) < 4.78 is 11.2. The summed E-state index contributed by atoms with van der Waals surface area (Å²) in [6, 6.07) is 8.38. The van der Waals surface area contributed by atoms with Crippen molar-refractivity contribution < 1.29 is 9.47 Å². The average molecular weight is 304 g/mol. The zero-order chi connectivity index (χ0) is 15.2. The van der Waals surface area contributed by atoms with Crippen molar-refractivity contribution in [2.24, 2.45) is 0 Å². The van der Waals surface area contributed by atoms with Crippen molar-refractivity contribution in [3.8, 4) is 5.75 Å². The molecule has 0 N–H and O–H groups in total. The number of anilines is 1. The molecule has 0 aliphatic carbocycles. The third-order valence-corrected chi connectivity index (χ3v) is 4.83. The highest BCUT2D eigenvalue weighted by molar-refractivity contribution is 5.51. The summed E-state index contributed by atoms with van der Waals surface area (Å²) in [4.78, 5) is 5.03. The van der Waals surface area contributed by atoms with E-state index in [-0.39, 0.29) is 0 Å². The van der Waals surface area contributed by atoms with Crippen molar-refractivity contribution in [1.82, 2.24) is 4.90 Å². The van der Waals surface area contributed by atoms with E-state index in [2.05, 4.69) is 28.0 Å². The molecule has 0 amide bonds. The van der Waals surface area contributed by atoms with Gasteiger partial charge in [-0.3, -0.25) is 4.90 Å². The lowest BCUT2D eigenvalue weighted by atomic mass is 10.1. The largest absolute Gasteiger partial charge is 0.497 e. The van der Waals surface area contributed by atoms with Gasteiger partial charge in [0, 0.05) is 51.1 Å². The van der Waals surface area contributed by atoms with Gasteiger partial charge in [-0.1, -0.05) is 6.07 Å². The number of piperazine rings is 1. The van der Waals surface area contributed by atoms with Crippen molar-refractivity contribution in [3.63, 3.8) is 0 Å². The number of ether oxygens (including phenoxy) is 2. The van der Waals surface area contributed by atoms with Gasteiger partial charge in [0.25, 0.3) is 0 Å². The molecule has 2 heterocycles. The molecule has 122 valence electrons. The first-order valence-electron chi connectivity index (χ1n) is 8.58. The molecule has 0 bridgehead atoms. The zero-order valence-electron chi connectivity index (χ0n) is 13.7. The number of methoxy groups -OCH3 is 1. The van der Waals surface area contributed by atoms with Crippen molar-refractivity contribution >= 4 is 5.69 Å². The van der Waals surface area contributed by atoms with Crippen LogP contribution in [0.3, 0.4) is 0 Å². The number of nitrogens with zero attached hydrogens (tertiary/aromatic N) is 2. The Morgan fingerprint density at radius 2 is 2.05 bits per heavy atom. The van der Waals surface area contributed by atoms with Gasteiger partial charge in [0.05, 0.1) is 13.2 Å². The summed E-state index contributed by atoms with van der Waals surface area (Å²) >= 11 is 0. The lowest BCUT2D eigenvalue weighted by molar-refractivity contribution is 0.00526. The van der Waals surface area contributed by atoms with Crippen LogP contribution in [0.1, 0.15) is 25.7 Å². The number of hydrogen-bond acceptors (Lipinski definition) is 4. The first-order valence-corrected chi connectivity index (χ1v) is 8.58. The molecule has 0 spiro atoms. The first-order chi connectivity index (χ1) is 10.8. The van der Waals surface area contributed by atoms with Crippen molar-refractivity contribution in [2.75, 3.05) is 51.3 Å². The summed E-state index contributed by atoms with van der Waals surface area (Å²) in [5.41, 5.74) is 1.27. The maximum absolute atomic E-state index is 5.83. The molecule has 1 aromatic carbocycles. The van der Waals surface area contributed by atoms with Crippen molar-refractivity contribution in [2.45, 2.75) is 31.8 Å². The SMILES string of the molecule is COc1cccc(N2CCN(CC[C@H]3CCCCO3)CC2)c1. The van der Waals surface area contributed by atoms with Crippen LogP contribution in [0, 0.1) is 0 Å². The Morgan fingerprint density at radius 3 is 2.77 bits per heavy atom. The fourth-order valence-corrected chi connectivity index (χ4v) is 3.40.